The minimum Gasteiger partial charge on any atom is -0.481 e. The SMILES string of the molecule is Cc1cccc(Cl)c1-n1ccnc1SCC(=O)O. The standard InChI is InChI=1S/C12H11ClN2O2S/c1-8-3-2-4-9(13)11(8)15-6-5-14-12(15)18-7-10(16)17/h2-6H,7H2,1H3,(H,16,17). The molecule has 1 aromatic heterocycles. The first-order valence-corrected chi connectivity index (χ1v) is 6.59. The number of benzene rings is 1. The quantitative estimate of drug-likeness (QED) is 0.876. The van der Waals surface area contributed by atoms with Crippen molar-refractivity contribution in [2.24, 2.45) is 0 Å². The van der Waals surface area contributed by atoms with Crippen LogP contribution in [0.25, 0.3) is 5.69 Å². The maximum Gasteiger partial charge on any atom is 0.313 e. The number of halogens is 1. The van der Waals surface area contributed by atoms with Crippen molar-refractivity contribution >= 4 is 29.3 Å². The van der Waals surface area contributed by atoms with Gasteiger partial charge in [0.25, 0.3) is 0 Å². The van der Waals surface area contributed by atoms with E-state index < -0.39 is 5.97 Å². The van der Waals surface area contributed by atoms with Crippen LogP contribution in [0, 0.1) is 6.92 Å². The van der Waals surface area contributed by atoms with E-state index in [1.165, 1.54) is 11.8 Å². The molecule has 0 saturated carbocycles. The van der Waals surface area contributed by atoms with Crippen LogP contribution in [0.3, 0.4) is 0 Å². The Morgan fingerprint density at radius 1 is 1.56 bits per heavy atom. The van der Waals surface area contributed by atoms with Gasteiger partial charge in [0.2, 0.25) is 0 Å². The number of rotatable bonds is 4. The molecule has 0 aliphatic rings. The highest BCUT2D eigenvalue weighted by Crippen LogP contribution is 2.28. The zero-order valence-corrected chi connectivity index (χ0v) is 11.2. The van der Waals surface area contributed by atoms with Gasteiger partial charge in [0.05, 0.1) is 16.5 Å². The topological polar surface area (TPSA) is 55.1 Å². The van der Waals surface area contributed by atoms with Crippen molar-refractivity contribution in [1.82, 2.24) is 9.55 Å². The largest absolute Gasteiger partial charge is 0.481 e. The van der Waals surface area contributed by atoms with Gasteiger partial charge < -0.3 is 5.11 Å². The summed E-state index contributed by atoms with van der Waals surface area (Å²) in [6.07, 6.45) is 3.41. The van der Waals surface area contributed by atoms with Crippen molar-refractivity contribution < 1.29 is 9.90 Å². The Bertz CT molecular complexity index is 563. The van der Waals surface area contributed by atoms with Crippen molar-refractivity contribution in [1.29, 1.82) is 0 Å². The number of aliphatic carboxylic acids is 1. The Morgan fingerprint density at radius 2 is 2.33 bits per heavy atom. The Morgan fingerprint density at radius 3 is 3.00 bits per heavy atom. The predicted octanol–water partition coefficient (Wildman–Crippen LogP) is 3.01. The molecule has 0 saturated heterocycles. The van der Waals surface area contributed by atoms with E-state index in [4.69, 9.17) is 16.7 Å². The molecule has 1 aromatic carbocycles. The normalized spacial score (nSPS) is 10.6. The average molecular weight is 283 g/mol. The fraction of sp³-hybridized carbons (Fsp3) is 0.167. The fourth-order valence-electron chi connectivity index (χ4n) is 1.62. The third-order valence-electron chi connectivity index (χ3n) is 2.36. The van der Waals surface area contributed by atoms with Crippen LogP contribution in [0.5, 0.6) is 0 Å². The molecule has 0 atom stereocenters. The van der Waals surface area contributed by atoms with E-state index in [2.05, 4.69) is 4.98 Å². The highest BCUT2D eigenvalue weighted by molar-refractivity contribution is 7.99. The fourth-order valence-corrected chi connectivity index (χ4v) is 2.61. The predicted molar refractivity (Wildman–Crippen MR) is 71.7 cm³/mol. The molecule has 1 N–H and O–H groups in total. The monoisotopic (exact) mass is 282 g/mol. The van der Waals surface area contributed by atoms with Gasteiger partial charge in [-0.2, -0.15) is 0 Å². The molecule has 2 aromatic rings. The number of carboxylic acid groups (broad SMARTS) is 1. The molecule has 0 radical (unpaired) electrons. The lowest BCUT2D eigenvalue weighted by molar-refractivity contribution is -0.133. The van der Waals surface area contributed by atoms with E-state index in [0.29, 0.717) is 10.2 Å². The van der Waals surface area contributed by atoms with Crippen molar-refractivity contribution in [2.75, 3.05) is 5.75 Å². The Labute approximate surface area is 114 Å². The number of thioether (sulfide) groups is 1. The minimum atomic E-state index is -0.870. The maximum atomic E-state index is 10.6. The van der Waals surface area contributed by atoms with Crippen LogP contribution in [0.15, 0.2) is 35.7 Å². The number of aryl methyl sites for hydroxylation is 1. The molecule has 0 fully saturated rings. The van der Waals surface area contributed by atoms with E-state index >= 15 is 0 Å². The van der Waals surface area contributed by atoms with Gasteiger partial charge in [-0.05, 0) is 18.6 Å². The first kappa shape index (κ1) is 13.0. The van der Waals surface area contributed by atoms with Crippen LogP contribution < -0.4 is 0 Å². The smallest absolute Gasteiger partial charge is 0.313 e. The highest BCUT2D eigenvalue weighted by atomic mass is 35.5. The van der Waals surface area contributed by atoms with E-state index in [1.54, 1.807) is 18.5 Å². The van der Waals surface area contributed by atoms with Gasteiger partial charge in [0.1, 0.15) is 0 Å². The molecule has 0 aliphatic carbocycles. The number of imidazole rings is 1. The van der Waals surface area contributed by atoms with Crippen LogP contribution >= 0.6 is 23.4 Å². The Kier molecular flexibility index (Phi) is 3.93. The summed E-state index contributed by atoms with van der Waals surface area (Å²) in [6.45, 7) is 1.95. The summed E-state index contributed by atoms with van der Waals surface area (Å²) in [5, 5.41) is 9.93. The molecule has 4 nitrogen and oxygen atoms in total. The van der Waals surface area contributed by atoms with Crippen LogP contribution in [-0.2, 0) is 4.79 Å². The molecule has 18 heavy (non-hydrogen) atoms. The van der Waals surface area contributed by atoms with Crippen molar-refractivity contribution in [3.63, 3.8) is 0 Å². The number of nitrogens with zero attached hydrogens (tertiary/aromatic N) is 2. The van der Waals surface area contributed by atoms with Crippen LogP contribution in [0.4, 0.5) is 0 Å². The van der Waals surface area contributed by atoms with Gasteiger partial charge >= 0.3 is 5.97 Å². The molecular weight excluding hydrogens is 272 g/mol. The molecule has 0 amide bonds. The summed E-state index contributed by atoms with van der Waals surface area (Å²) in [5.74, 6) is -0.897. The summed E-state index contributed by atoms with van der Waals surface area (Å²) >= 11 is 7.35. The lowest BCUT2D eigenvalue weighted by Gasteiger charge is -2.11. The van der Waals surface area contributed by atoms with Gasteiger partial charge in [-0.25, -0.2) is 4.98 Å². The summed E-state index contributed by atoms with van der Waals surface area (Å²) in [5.41, 5.74) is 1.85. The number of hydrogen-bond donors (Lipinski definition) is 1. The van der Waals surface area contributed by atoms with Gasteiger partial charge in [0.15, 0.2) is 5.16 Å². The van der Waals surface area contributed by atoms with E-state index in [1.807, 2.05) is 23.6 Å². The second kappa shape index (κ2) is 5.46. The summed E-state index contributed by atoms with van der Waals surface area (Å²) in [4.78, 5) is 14.7. The second-order valence-corrected chi connectivity index (χ2v) is 5.02. The highest BCUT2D eigenvalue weighted by Gasteiger charge is 2.12. The molecule has 94 valence electrons. The third-order valence-corrected chi connectivity index (χ3v) is 3.62. The van der Waals surface area contributed by atoms with E-state index in [-0.39, 0.29) is 5.75 Å². The molecule has 0 unspecified atom stereocenters. The maximum absolute atomic E-state index is 10.6. The molecule has 0 spiro atoms. The van der Waals surface area contributed by atoms with Crippen LogP contribution in [0.1, 0.15) is 5.56 Å². The van der Waals surface area contributed by atoms with Gasteiger partial charge in [-0.3, -0.25) is 9.36 Å². The molecule has 6 heteroatoms. The molecular formula is C12H11ClN2O2S. The van der Waals surface area contributed by atoms with Crippen molar-refractivity contribution in [3.05, 3.63) is 41.2 Å². The van der Waals surface area contributed by atoms with Crippen molar-refractivity contribution in [2.45, 2.75) is 12.1 Å². The summed E-state index contributed by atoms with van der Waals surface area (Å²) in [6, 6.07) is 5.63. The van der Waals surface area contributed by atoms with Gasteiger partial charge in [-0.15, -0.1) is 0 Å². The third kappa shape index (κ3) is 2.68. The van der Waals surface area contributed by atoms with Crippen molar-refractivity contribution in [3.8, 4) is 5.69 Å². The molecule has 0 bridgehead atoms. The Balaban J connectivity index is 2.39. The molecule has 2 rings (SSSR count). The summed E-state index contributed by atoms with van der Waals surface area (Å²) < 4.78 is 1.81. The zero-order chi connectivity index (χ0) is 13.1. The second-order valence-electron chi connectivity index (χ2n) is 3.67. The number of carboxylic acids is 1. The molecule has 0 aliphatic heterocycles. The Hall–Kier alpha value is -1.46. The first-order chi connectivity index (χ1) is 8.59. The summed E-state index contributed by atoms with van der Waals surface area (Å²) in [7, 11) is 0. The lowest BCUT2D eigenvalue weighted by Crippen LogP contribution is -2.02. The number of aromatic nitrogens is 2. The van der Waals surface area contributed by atoms with Gasteiger partial charge in [-0.1, -0.05) is 35.5 Å². The minimum absolute atomic E-state index is 0.0273. The first-order valence-electron chi connectivity index (χ1n) is 5.23. The van der Waals surface area contributed by atoms with Gasteiger partial charge in [0, 0.05) is 12.4 Å². The van der Waals surface area contributed by atoms with Crippen LogP contribution in [-0.4, -0.2) is 26.4 Å². The average Bonchev–Trinajstić information content (AvgIpc) is 2.74. The number of carbonyl (C=O) groups is 1. The lowest BCUT2D eigenvalue weighted by atomic mass is 10.2. The molecule has 1 heterocycles. The van der Waals surface area contributed by atoms with E-state index in [9.17, 15) is 4.79 Å². The van der Waals surface area contributed by atoms with E-state index in [0.717, 1.165) is 11.3 Å². The zero-order valence-electron chi connectivity index (χ0n) is 9.63. The number of para-hydroxylation sites is 1. The number of hydrogen-bond acceptors (Lipinski definition) is 3. The van der Waals surface area contributed by atoms with Crippen LogP contribution in [0.2, 0.25) is 5.02 Å².